The highest BCUT2D eigenvalue weighted by molar-refractivity contribution is 4.57. The van der Waals surface area contributed by atoms with Gasteiger partial charge in [0.05, 0.1) is 12.2 Å². The number of hydrogen-bond acceptors (Lipinski definition) is 2. The van der Waals surface area contributed by atoms with Gasteiger partial charge in [-0.15, -0.1) is 0 Å². The van der Waals surface area contributed by atoms with E-state index in [1.54, 1.807) is 0 Å². The monoisotopic (exact) mass is 286 g/mol. The van der Waals surface area contributed by atoms with Crippen LogP contribution in [0.15, 0.2) is 0 Å². The van der Waals surface area contributed by atoms with E-state index in [1.165, 1.54) is 64.2 Å². The van der Waals surface area contributed by atoms with Crippen molar-refractivity contribution in [3.63, 3.8) is 0 Å². The predicted octanol–water partition coefficient (Wildman–Crippen LogP) is 5.21. The van der Waals surface area contributed by atoms with Gasteiger partial charge in [-0.3, -0.25) is 0 Å². The first kappa shape index (κ1) is 19.9. The molecule has 0 heterocycles. The van der Waals surface area contributed by atoms with Gasteiger partial charge in [0, 0.05) is 0 Å². The van der Waals surface area contributed by atoms with Crippen molar-refractivity contribution < 1.29 is 10.2 Å². The van der Waals surface area contributed by atoms with Gasteiger partial charge >= 0.3 is 0 Å². The standard InChI is InChI=1S/C18H38O2/c1-3-4-5-12-15-18(20)16-13-10-8-6-7-9-11-14-17(2)19/h17-20H,3-16H2,1-2H3. The fraction of sp³-hybridized carbons (Fsp3) is 1.00. The summed E-state index contributed by atoms with van der Waals surface area (Å²) in [5.74, 6) is 0. The molecule has 0 aromatic carbocycles. The zero-order valence-corrected chi connectivity index (χ0v) is 13.9. The number of unbranched alkanes of at least 4 members (excludes halogenated alkanes) is 9. The summed E-state index contributed by atoms with van der Waals surface area (Å²) in [6.07, 6.45) is 16.6. The molecule has 122 valence electrons. The van der Waals surface area contributed by atoms with Gasteiger partial charge in [0.1, 0.15) is 0 Å². The third kappa shape index (κ3) is 16.0. The van der Waals surface area contributed by atoms with Gasteiger partial charge in [0.15, 0.2) is 0 Å². The quantitative estimate of drug-likeness (QED) is 0.406. The summed E-state index contributed by atoms with van der Waals surface area (Å²) in [5.41, 5.74) is 0. The third-order valence-corrected chi connectivity index (χ3v) is 4.05. The fourth-order valence-electron chi connectivity index (χ4n) is 2.65. The van der Waals surface area contributed by atoms with E-state index in [-0.39, 0.29) is 12.2 Å². The molecule has 2 heteroatoms. The van der Waals surface area contributed by atoms with E-state index < -0.39 is 0 Å². The number of rotatable bonds is 15. The van der Waals surface area contributed by atoms with Gasteiger partial charge in [0.25, 0.3) is 0 Å². The summed E-state index contributed by atoms with van der Waals surface area (Å²) in [7, 11) is 0. The molecule has 0 aromatic heterocycles. The van der Waals surface area contributed by atoms with Crippen LogP contribution in [-0.2, 0) is 0 Å². The van der Waals surface area contributed by atoms with E-state index in [2.05, 4.69) is 6.92 Å². The van der Waals surface area contributed by atoms with E-state index in [0.29, 0.717) is 0 Å². The second-order valence-electron chi connectivity index (χ2n) is 6.40. The molecule has 0 aliphatic rings. The summed E-state index contributed by atoms with van der Waals surface area (Å²) in [6, 6.07) is 0. The molecule has 0 amide bonds. The molecule has 0 saturated heterocycles. The van der Waals surface area contributed by atoms with Crippen molar-refractivity contribution in [3.05, 3.63) is 0 Å². The lowest BCUT2D eigenvalue weighted by atomic mass is 10.0. The predicted molar refractivity (Wildman–Crippen MR) is 88.0 cm³/mol. The van der Waals surface area contributed by atoms with Crippen molar-refractivity contribution in [2.24, 2.45) is 0 Å². The van der Waals surface area contributed by atoms with Crippen molar-refractivity contribution in [1.82, 2.24) is 0 Å². The molecule has 0 radical (unpaired) electrons. The Morgan fingerprint density at radius 1 is 0.600 bits per heavy atom. The summed E-state index contributed by atoms with van der Waals surface area (Å²) < 4.78 is 0. The van der Waals surface area contributed by atoms with Crippen LogP contribution in [0.2, 0.25) is 0 Å². The minimum absolute atomic E-state index is 0.0575. The Morgan fingerprint density at radius 3 is 1.45 bits per heavy atom. The molecular formula is C18H38O2. The fourth-order valence-corrected chi connectivity index (χ4v) is 2.65. The Bertz CT molecular complexity index is 180. The van der Waals surface area contributed by atoms with E-state index in [0.717, 1.165) is 25.7 Å². The van der Waals surface area contributed by atoms with Crippen LogP contribution in [0.5, 0.6) is 0 Å². The van der Waals surface area contributed by atoms with Gasteiger partial charge in [-0.2, -0.15) is 0 Å². The van der Waals surface area contributed by atoms with Gasteiger partial charge in [-0.05, 0) is 26.2 Å². The molecule has 0 saturated carbocycles. The maximum Gasteiger partial charge on any atom is 0.0540 e. The third-order valence-electron chi connectivity index (χ3n) is 4.05. The topological polar surface area (TPSA) is 40.5 Å². The van der Waals surface area contributed by atoms with E-state index >= 15 is 0 Å². The molecule has 0 bridgehead atoms. The lowest BCUT2D eigenvalue weighted by Crippen LogP contribution is -2.05. The summed E-state index contributed by atoms with van der Waals surface area (Å²) in [6.45, 7) is 4.09. The SMILES string of the molecule is CCCCCCC(O)CCCCCCCCCC(C)O. The summed E-state index contributed by atoms with van der Waals surface area (Å²) >= 11 is 0. The Morgan fingerprint density at radius 2 is 1.00 bits per heavy atom. The number of aliphatic hydroxyl groups excluding tert-OH is 2. The van der Waals surface area contributed by atoms with Gasteiger partial charge in [-0.1, -0.05) is 77.6 Å². The van der Waals surface area contributed by atoms with Gasteiger partial charge < -0.3 is 10.2 Å². The highest BCUT2D eigenvalue weighted by Gasteiger charge is 2.03. The molecule has 0 fully saturated rings. The molecule has 0 aromatic rings. The molecule has 0 aliphatic carbocycles. The van der Waals surface area contributed by atoms with Crippen LogP contribution in [0.1, 0.15) is 104 Å². The zero-order valence-electron chi connectivity index (χ0n) is 13.9. The van der Waals surface area contributed by atoms with E-state index in [1.807, 2.05) is 6.92 Å². The van der Waals surface area contributed by atoms with Crippen LogP contribution in [0, 0.1) is 0 Å². The van der Waals surface area contributed by atoms with E-state index in [4.69, 9.17) is 5.11 Å². The first-order valence-electron chi connectivity index (χ1n) is 9.03. The smallest absolute Gasteiger partial charge is 0.0540 e. The molecular weight excluding hydrogens is 248 g/mol. The largest absolute Gasteiger partial charge is 0.393 e. The molecule has 20 heavy (non-hydrogen) atoms. The molecule has 0 aliphatic heterocycles. The lowest BCUT2D eigenvalue weighted by Gasteiger charge is -2.10. The van der Waals surface area contributed by atoms with Crippen molar-refractivity contribution in [3.8, 4) is 0 Å². The van der Waals surface area contributed by atoms with Gasteiger partial charge in [-0.25, -0.2) is 0 Å². The maximum absolute atomic E-state index is 9.85. The molecule has 0 rings (SSSR count). The second kappa shape index (κ2) is 15.3. The van der Waals surface area contributed by atoms with Crippen LogP contribution in [0.4, 0.5) is 0 Å². The van der Waals surface area contributed by atoms with Crippen molar-refractivity contribution in [1.29, 1.82) is 0 Å². The van der Waals surface area contributed by atoms with Crippen molar-refractivity contribution >= 4 is 0 Å². The van der Waals surface area contributed by atoms with Crippen LogP contribution >= 0.6 is 0 Å². The molecule has 0 spiro atoms. The van der Waals surface area contributed by atoms with Crippen molar-refractivity contribution in [2.45, 2.75) is 116 Å². The average molecular weight is 286 g/mol. The van der Waals surface area contributed by atoms with Crippen molar-refractivity contribution in [2.75, 3.05) is 0 Å². The number of hydrogen-bond donors (Lipinski definition) is 2. The first-order valence-corrected chi connectivity index (χ1v) is 9.03. The summed E-state index contributed by atoms with van der Waals surface area (Å²) in [4.78, 5) is 0. The Kier molecular flexibility index (Phi) is 15.3. The molecule has 2 atom stereocenters. The second-order valence-corrected chi connectivity index (χ2v) is 6.40. The van der Waals surface area contributed by atoms with Crippen LogP contribution < -0.4 is 0 Å². The van der Waals surface area contributed by atoms with Crippen LogP contribution in [0.25, 0.3) is 0 Å². The highest BCUT2D eigenvalue weighted by atomic mass is 16.3. The maximum atomic E-state index is 9.85. The Balaban J connectivity index is 3.11. The van der Waals surface area contributed by atoms with Crippen LogP contribution in [0.3, 0.4) is 0 Å². The zero-order chi connectivity index (χ0) is 15.1. The summed E-state index contributed by atoms with van der Waals surface area (Å²) in [5, 5.41) is 19.0. The molecule has 2 unspecified atom stereocenters. The minimum Gasteiger partial charge on any atom is -0.393 e. The highest BCUT2D eigenvalue weighted by Crippen LogP contribution is 2.14. The Hall–Kier alpha value is -0.0800. The normalized spacial score (nSPS) is 14.4. The van der Waals surface area contributed by atoms with Gasteiger partial charge in [0.2, 0.25) is 0 Å². The first-order chi connectivity index (χ1) is 9.66. The molecule has 2 N–H and O–H groups in total. The van der Waals surface area contributed by atoms with E-state index in [9.17, 15) is 5.11 Å². The Labute approximate surface area is 127 Å². The average Bonchev–Trinajstić information content (AvgIpc) is 2.41. The minimum atomic E-state index is -0.131. The van der Waals surface area contributed by atoms with Crippen LogP contribution in [-0.4, -0.2) is 22.4 Å². The molecule has 2 nitrogen and oxygen atoms in total. The number of aliphatic hydroxyl groups is 2. The lowest BCUT2D eigenvalue weighted by molar-refractivity contribution is 0.147.